The first-order valence-electron chi connectivity index (χ1n) is 5.04. The van der Waals surface area contributed by atoms with Crippen LogP contribution in [0.25, 0.3) is 0 Å². The van der Waals surface area contributed by atoms with Gasteiger partial charge in [-0.1, -0.05) is 23.0 Å². The molecule has 5 nitrogen and oxygen atoms in total. The number of nitrogens with two attached hydrogens (primary N) is 1. The second kappa shape index (κ2) is 4.50. The summed E-state index contributed by atoms with van der Waals surface area (Å²) in [6.07, 6.45) is 0. The molecule has 2 aromatic rings. The Balaban J connectivity index is 2.22. The van der Waals surface area contributed by atoms with Gasteiger partial charge in [-0.2, -0.15) is 0 Å². The summed E-state index contributed by atoms with van der Waals surface area (Å²) in [6, 6.07) is 5.33. The first-order valence-corrected chi connectivity index (χ1v) is 5.85. The lowest BCUT2D eigenvalue weighted by molar-refractivity contribution is 0.102. The van der Waals surface area contributed by atoms with E-state index in [4.69, 9.17) is 5.73 Å². The highest BCUT2D eigenvalue weighted by Crippen LogP contribution is 2.18. The van der Waals surface area contributed by atoms with Gasteiger partial charge in [0.05, 0.1) is 5.56 Å². The first kappa shape index (κ1) is 11.5. The normalized spacial score (nSPS) is 10.2. The van der Waals surface area contributed by atoms with Crippen LogP contribution in [-0.4, -0.2) is 16.1 Å². The summed E-state index contributed by atoms with van der Waals surface area (Å²) in [6.45, 7) is 3.74. The molecule has 0 saturated carbocycles. The van der Waals surface area contributed by atoms with E-state index in [-0.39, 0.29) is 5.91 Å². The van der Waals surface area contributed by atoms with Gasteiger partial charge in [0.2, 0.25) is 5.13 Å². The van der Waals surface area contributed by atoms with Crippen molar-refractivity contribution in [2.45, 2.75) is 13.8 Å². The number of nitrogens with zero attached hydrogens (tertiary/aromatic N) is 2. The van der Waals surface area contributed by atoms with E-state index in [0.717, 1.165) is 10.6 Å². The van der Waals surface area contributed by atoms with Crippen molar-refractivity contribution in [2.75, 3.05) is 11.1 Å². The van der Waals surface area contributed by atoms with Crippen LogP contribution < -0.4 is 11.1 Å². The predicted molar refractivity (Wildman–Crippen MR) is 68.2 cm³/mol. The molecule has 0 spiro atoms. The largest absolute Gasteiger partial charge is 0.398 e. The molecule has 0 bridgehead atoms. The van der Waals surface area contributed by atoms with Gasteiger partial charge >= 0.3 is 0 Å². The highest BCUT2D eigenvalue weighted by molar-refractivity contribution is 7.15. The lowest BCUT2D eigenvalue weighted by atomic mass is 10.1. The van der Waals surface area contributed by atoms with Crippen molar-refractivity contribution < 1.29 is 4.79 Å². The summed E-state index contributed by atoms with van der Waals surface area (Å²) in [5.41, 5.74) is 7.65. The van der Waals surface area contributed by atoms with Gasteiger partial charge in [0.15, 0.2) is 0 Å². The molecule has 1 aromatic heterocycles. The number of hydrogen-bond donors (Lipinski definition) is 2. The number of aryl methyl sites for hydroxylation is 2. The van der Waals surface area contributed by atoms with Gasteiger partial charge in [0.1, 0.15) is 5.01 Å². The third-order valence-electron chi connectivity index (χ3n) is 2.20. The van der Waals surface area contributed by atoms with Crippen molar-refractivity contribution in [2.24, 2.45) is 0 Å². The number of aromatic nitrogens is 2. The molecule has 3 N–H and O–H groups in total. The number of nitrogens with one attached hydrogen (secondary N) is 1. The molecule has 0 aliphatic rings. The Labute approximate surface area is 103 Å². The lowest BCUT2D eigenvalue weighted by Gasteiger charge is -2.05. The van der Waals surface area contributed by atoms with Gasteiger partial charge in [-0.15, -0.1) is 10.2 Å². The first-order chi connectivity index (χ1) is 8.06. The molecule has 0 saturated heterocycles. The summed E-state index contributed by atoms with van der Waals surface area (Å²) in [7, 11) is 0. The number of anilines is 2. The van der Waals surface area contributed by atoms with Crippen molar-refractivity contribution in [3.63, 3.8) is 0 Å². The second-order valence-electron chi connectivity index (χ2n) is 3.67. The summed E-state index contributed by atoms with van der Waals surface area (Å²) in [4.78, 5) is 11.9. The molecule has 0 aliphatic heterocycles. The van der Waals surface area contributed by atoms with Crippen LogP contribution in [0, 0.1) is 13.8 Å². The number of nitrogen functional groups attached to an aromatic ring is 1. The monoisotopic (exact) mass is 248 g/mol. The number of carbonyl (C=O) groups excluding carboxylic acids is 1. The smallest absolute Gasteiger partial charge is 0.259 e. The van der Waals surface area contributed by atoms with Crippen LogP contribution in [0.1, 0.15) is 20.9 Å². The average Bonchev–Trinajstić information content (AvgIpc) is 2.67. The van der Waals surface area contributed by atoms with Crippen molar-refractivity contribution >= 4 is 28.1 Å². The van der Waals surface area contributed by atoms with Crippen LogP contribution in [0.4, 0.5) is 10.8 Å². The van der Waals surface area contributed by atoms with E-state index in [1.807, 2.05) is 19.9 Å². The zero-order chi connectivity index (χ0) is 12.4. The predicted octanol–water partition coefficient (Wildman–Crippen LogP) is 1.99. The number of hydrogen-bond acceptors (Lipinski definition) is 5. The molecule has 0 aliphatic carbocycles. The van der Waals surface area contributed by atoms with E-state index in [2.05, 4.69) is 15.5 Å². The van der Waals surface area contributed by atoms with Gasteiger partial charge in [0, 0.05) is 5.69 Å². The highest BCUT2D eigenvalue weighted by atomic mass is 32.1. The van der Waals surface area contributed by atoms with Crippen molar-refractivity contribution in [1.29, 1.82) is 0 Å². The molecule has 0 fully saturated rings. The minimum Gasteiger partial charge on any atom is -0.398 e. The Hall–Kier alpha value is -1.95. The van der Waals surface area contributed by atoms with E-state index in [0.29, 0.717) is 16.4 Å². The Morgan fingerprint density at radius 1 is 1.35 bits per heavy atom. The maximum absolute atomic E-state index is 11.9. The van der Waals surface area contributed by atoms with Crippen molar-refractivity contribution in [1.82, 2.24) is 10.2 Å². The summed E-state index contributed by atoms with van der Waals surface area (Å²) < 4.78 is 0. The Morgan fingerprint density at radius 3 is 2.76 bits per heavy atom. The summed E-state index contributed by atoms with van der Waals surface area (Å²) in [5, 5.41) is 11.6. The molecular weight excluding hydrogens is 236 g/mol. The van der Waals surface area contributed by atoms with Crippen LogP contribution >= 0.6 is 11.3 Å². The third kappa shape index (κ3) is 2.59. The van der Waals surface area contributed by atoms with Crippen LogP contribution in [0.15, 0.2) is 18.2 Å². The SMILES string of the molecule is Cc1ccc(N)c(C(=O)Nc2nnc(C)s2)c1. The fourth-order valence-electron chi connectivity index (χ4n) is 1.38. The van der Waals surface area contributed by atoms with Crippen molar-refractivity contribution in [3.8, 4) is 0 Å². The zero-order valence-electron chi connectivity index (χ0n) is 9.52. The van der Waals surface area contributed by atoms with Crippen LogP contribution in [0.2, 0.25) is 0 Å². The second-order valence-corrected chi connectivity index (χ2v) is 4.85. The fourth-order valence-corrected chi connectivity index (χ4v) is 1.97. The molecule has 0 radical (unpaired) electrons. The van der Waals surface area contributed by atoms with Gasteiger partial charge in [-0.25, -0.2) is 0 Å². The quantitative estimate of drug-likeness (QED) is 0.796. The molecule has 0 unspecified atom stereocenters. The number of carbonyl (C=O) groups is 1. The van der Waals surface area contributed by atoms with Crippen molar-refractivity contribution in [3.05, 3.63) is 34.3 Å². The van der Waals surface area contributed by atoms with Gasteiger partial charge in [-0.05, 0) is 26.0 Å². The molecule has 2 rings (SSSR count). The van der Waals surface area contributed by atoms with E-state index in [1.165, 1.54) is 11.3 Å². The maximum Gasteiger partial charge on any atom is 0.259 e. The minimum absolute atomic E-state index is 0.262. The van der Waals surface area contributed by atoms with Gasteiger partial charge in [-0.3, -0.25) is 10.1 Å². The van der Waals surface area contributed by atoms with E-state index < -0.39 is 0 Å². The van der Waals surface area contributed by atoms with Crippen LogP contribution in [0.5, 0.6) is 0 Å². The Morgan fingerprint density at radius 2 is 2.12 bits per heavy atom. The Bertz CT molecular complexity index is 564. The average molecular weight is 248 g/mol. The third-order valence-corrected chi connectivity index (χ3v) is 2.95. The van der Waals surface area contributed by atoms with Crippen LogP contribution in [-0.2, 0) is 0 Å². The molecule has 6 heteroatoms. The molecule has 1 aromatic carbocycles. The summed E-state index contributed by atoms with van der Waals surface area (Å²) >= 11 is 1.33. The molecule has 1 heterocycles. The van der Waals surface area contributed by atoms with Crippen LogP contribution in [0.3, 0.4) is 0 Å². The zero-order valence-corrected chi connectivity index (χ0v) is 10.3. The number of rotatable bonds is 2. The van der Waals surface area contributed by atoms with Gasteiger partial charge < -0.3 is 5.73 Å². The molecular formula is C11H12N4OS. The minimum atomic E-state index is -0.262. The van der Waals surface area contributed by atoms with Gasteiger partial charge in [0.25, 0.3) is 5.91 Å². The summed E-state index contributed by atoms with van der Waals surface area (Å²) in [5.74, 6) is -0.262. The molecule has 17 heavy (non-hydrogen) atoms. The topological polar surface area (TPSA) is 80.9 Å². The lowest BCUT2D eigenvalue weighted by Crippen LogP contribution is -2.14. The van der Waals surface area contributed by atoms with E-state index in [1.54, 1.807) is 12.1 Å². The molecule has 0 atom stereocenters. The Kier molecular flexibility index (Phi) is 3.06. The number of benzene rings is 1. The van der Waals surface area contributed by atoms with E-state index in [9.17, 15) is 4.79 Å². The fraction of sp³-hybridized carbons (Fsp3) is 0.182. The highest BCUT2D eigenvalue weighted by Gasteiger charge is 2.12. The standard InChI is InChI=1S/C11H12N4OS/c1-6-3-4-9(12)8(5-6)10(16)13-11-15-14-7(2)17-11/h3-5H,12H2,1-2H3,(H,13,15,16). The van der Waals surface area contributed by atoms with E-state index >= 15 is 0 Å². The molecule has 88 valence electrons. The number of amides is 1. The maximum atomic E-state index is 11.9. The molecule has 1 amide bonds.